The van der Waals surface area contributed by atoms with Crippen molar-refractivity contribution in [3.05, 3.63) is 101 Å². The van der Waals surface area contributed by atoms with E-state index in [-0.39, 0.29) is 6.10 Å². The van der Waals surface area contributed by atoms with Gasteiger partial charge in [0.15, 0.2) is 0 Å². The molecule has 3 aromatic rings. The lowest BCUT2D eigenvalue weighted by molar-refractivity contribution is 0.167. The van der Waals surface area contributed by atoms with Gasteiger partial charge >= 0.3 is 0 Å². The third-order valence-electron chi connectivity index (χ3n) is 4.66. The molecule has 2 atom stereocenters. The lowest BCUT2D eigenvalue weighted by Crippen LogP contribution is -2.19. The van der Waals surface area contributed by atoms with E-state index in [4.69, 9.17) is 4.74 Å². The molecule has 3 aromatic carbocycles. The Labute approximate surface area is 137 Å². The molecule has 0 N–H and O–H groups in total. The second kappa shape index (κ2) is 5.92. The van der Waals surface area contributed by atoms with Crippen molar-refractivity contribution in [3.63, 3.8) is 0 Å². The van der Waals surface area contributed by atoms with Crippen LogP contribution in [0.25, 0.3) is 0 Å². The van der Waals surface area contributed by atoms with E-state index in [1.807, 2.05) is 0 Å². The highest BCUT2D eigenvalue weighted by Gasteiger charge is 2.29. The van der Waals surface area contributed by atoms with Gasteiger partial charge in [-0.2, -0.15) is 0 Å². The summed E-state index contributed by atoms with van der Waals surface area (Å²) in [4.78, 5) is 0. The SMILES string of the molecule is Cc1ccc([C@@H]2C[C@@H](c3ccccc3)c3ccccc3O2)cc1. The second-order valence-electron chi connectivity index (χ2n) is 6.25. The standard InChI is InChI=1S/C22H20O/c1-16-11-13-18(14-12-16)22-15-20(17-7-3-2-4-8-17)19-9-5-6-10-21(19)23-22/h2-14,20,22H,15H2,1H3/t20-,22-/m0/s1. The lowest BCUT2D eigenvalue weighted by atomic mass is 9.82. The summed E-state index contributed by atoms with van der Waals surface area (Å²) in [6.45, 7) is 2.12. The first-order valence-corrected chi connectivity index (χ1v) is 8.18. The molecule has 4 rings (SSSR count). The predicted octanol–water partition coefficient (Wildman–Crippen LogP) is 5.65. The van der Waals surface area contributed by atoms with Crippen molar-refractivity contribution in [1.29, 1.82) is 0 Å². The Morgan fingerprint density at radius 3 is 2.22 bits per heavy atom. The summed E-state index contributed by atoms with van der Waals surface area (Å²) in [6, 6.07) is 27.9. The molecule has 0 spiro atoms. The summed E-state index contributed by atoms with van der Waals surface area (Å²) < 4.78 is 6.31. The molecule has 0 bridgehead atoms. The zero-order valence-electron chi connectivity index (χ0n) is 13.3. The van der Waals surface area contributed by atoms with E-state index in [0.29, 0.717) is 5.92 Å². The van der Waals surface area contributed by atoms with Crippen molar-refractivity contribution in [2.45, 2.75) is 25.4 Å². The van der Waals surface area contributed by atoms with Gasteiger partial charge in [-0.05, 0) is 30.5 Å². The van der Waals surface area contributed by atoms with E-state index < -0.39 is 0 Å². The van der Waals surface area contributed by atoms with E-state index in [2.05, 4.69) is 85.8 Å². The van der Waals surface area contributed by atoms with Crippen molar-refractivity contribution in [2.24, 2.45) is 0 Å². The molecule has 114 valence electrons. The Balaban J connectivity index is 1.75. The van der Waals surface area contributed by atoms with Crippen molar-refractivity contribution < 1.29 is 4.74 Å². The highest BCUT2D eigenvalue weighted by molar-refractivity contribution is 5.45. The average molecular weight is 300 g/mol. The minimum absolute atomic E-state index is 0.107. The molecule has 0 aliphatic carbocycles. The quantitative estimate of drug-likeness (QED) is 0.594. The highest BCUT2D eigenvalue weighted by atomic mass is 16.5. The number of ether oxygens (including phenoxy) is 1. The summed E-state index contributed by atoms with van der Waals surface area (Å²) in [5.74, 6) is 1.39. The molecule has 23 heavy (non-hydrogen) atoms. The van der Waals surface area contributed by atoms with Crippen LogP contribution >= 0.6 is 0 Å². The molecule has 0 aromatic heterocycles. The minimum Gasteiger partial charge on any atom is -0.485 e. The van der Waals surface area contributed by atoms with Crippen LogP contribution in [0.2, 0.25) is 0 Å². The first-order chi connectivity index (χ1) is 11.3. The molecule has 1 nitrogen and oxygen atoms in total. The van der Waals surface area contributed by atoms with Gasteiger partial charge in [-0.3, -0.25) is 0 Å². The number of rotatable bonds is 2. The summed E-state index contributed by atoms with van der Waals surface area (Å²) in [5, 5.41) is 0. The number of fused-ring (bicyclic) bond motifs is 1. The molecule has 1 heteroatoms. The number of hydrogen-bond donors (Lipinski definition) is 0. The van der Waals surface area contributed by atoms with Crippen LogP contribution in [0.4, 0.5) is 0 Å². The smallest absolute Gasteiger partial charge is 0.125 e. The fourth-order valence-corrected chi connectivity index (χ4v) is 3.40. The molecule has 0 amide bonds. The molecular weight excluding hydrogens is 280 g/mol. The van der Waals surface area contributed by atoms with Gasteiger partial charge in [0.2, 0.25) is 0 Å². The third kappa shape index (κ3) is 2.75. The highest BCUT2D eigenvalue weighted by Crippen LogP contribution is 2.44. The Hall–Kier alpha value is -2.54. The maximum Gasteiger partial charge on any atom is 0.125 e. The van der Waals surface area contributed by atoms with Crippen LogP contribution in [0.3, 0.4) is 0 Å². The van der Waals surface area contributed by atoms with Gasteiger partial charge in [0.05, 0.1) is 0 Å². The van der Waals surface area contributed by atoms with Crippen LogP contribution < -0.4 is 4.74 Å². The monoisotopic (exact) mass is 300 g/mol. The number of aryl methyl sites for hydroxylation is 1. The average Bonchev–Trinajstić information content (AvgIpc) is 2.62. The summed E-state index contributed by atoms with van der Waals surface area (Å²) in [7, 11) is 0. The van der Waals surface area contributed by atoms with Crippen molar-refractivity contribution in [3.8, 4) is 5.75 Å². The number of hydrogen-bond acceptors (Lipinski definition) is 1. The van der Waals surface area contributed by atoms with E-state index in [9.17, 15) is 0 Å². The molecular formula is C22H20O. The maximum atomic E-state index is 6.31. The molecule has 0 saturated heterocycles. The topological polar surface area (TPSA) is 9.23 Å². The first kappa shape index (κ1) is 14.1. The lowest BCUT2D eigenvalue weighted by Gasteiger charge is -2.33. The van der Waals surface area contributed by atoms with E-state index in [0.717, 1.165) is 12.2 Å². The van der Waals surface area contributed by atoms with Crippen molar-refractivity contribution >= 4 is 0 Å². The number of benzene rings is 3. The molecule has 0 saturated carbocycles. The van der Waals surface area contributed by atoms with Gasteiger partial charge in [-0.1, -0.05) is 78.4 Å². The maximum absolute atomic E-state index is 6.31. The zero-order valence-corrected chi connectivity index (χ0v) is 13.3. The molecule has 0 fully saturated rings. The Morgan fingerprint density at radius 2 is 1.43 bits per heavy atom. The van der Waals surface area contributed by atoms with E-state index in [1.165, 1.54) is 22.3 Å². The van der Waals surface area contributed by atoms with Crippen molar-refractivity contribution in [2.75, 3.05) is 0 Å². The van der Waals surface area contributed by atoms with Crippen LogP contribution in [-0.2, 0) is 0 Å². The molecule has 1 aliphatic rings. The van der Waals surface area contributed by atoms with Gasteiger partial charge in [0, 0.05) is 11.5 Å². The van der Waals surface area contributed by atoms with Gasteiger partial charge in [0.25, 0.3) is 0 Å². The predicted molar refractivity (Wildman–Crippen MR) is 93.9 cm³/mol. The first-order valence-electron chi connectivity index (χ1n) is 8.18. The Kier molecular flexibility index (Phi) is 3.63. The molecule has 0 radical (unpaired) electrons. The molecule has 1 aliphatic heterocycles. The number of para-hydroxylation sites is 1. The fraction of sp³-hybridized carbons (Fsp3) is 0.182. The molecule has 1 heterocycles. The fourth-order valence-electron chi connectivity index (χ4n) is 3.40. The zero-order chi connectivity index (χ0) is 15.6. The largest absolute Gasteiger partial charge is 0.485 e. The van der Waals surface area contributed by atoms with Crippen LogP contribution in [0.5, 0.6) is 5.75 Å². The van der Waals surface area contributed by atoms with E-state index >= 15 is 0 Å². The summed E-state index contributed by atoms with van der Waals surface area (Å²) in [6.07, 6.45) is 1.08. The van der Waals surface area contributed by atoms with Gasteiger partial charge < -0.3 is 4.74 Å². The van der Waals surface area contributed by atoms with Crippen LogP contribution in [0.15, 0.2) is 78.9 Å². The summed E-state index contributed by atoms with van der Waals surface area (Å²) in [5.41, 5.74) is 5.19. The van der Waals surface area contributed by atoms with Gasteiger partial charge in [0.1, 0.15) is 11.9 Å². The minimum atomic E-state index is 0.107. The van der Waals surface area contributed by atoms with Crippen LogP contribution in [-0.4, -0.2) is 0 Å². The normalized spacial score (nSPS) is 19.7. The van der Waals surface area contributed by atoms with Crippen LogP contribution in [0, 0.1) is 6.92 Å². The Bertz CT molecular complexity index is 790. The molecule has 0 unspecified atom stereocenters. The van der Waals surface area contributed by atoms with Crippen LogP contribution in [0.1, 0.15) is 40.7 Å². The summed E-state index contributed by atoms with van der Waals surface area (Å²) >= 11 is 0. The Morgan fingerprint density at radius 1 is 0.739 bits per heavy atom. The second-order valence-corrected chi connectivity index (χ2v) is 6.25. The van der Waals surface area contributed by atoms with E-state index in [1.54, 1.807) is 0 Å². The van der Waals surface area contributed by atoms with Crippen molar-refractivity contribution in [1.82, 2.24) is 0 Å². The van der Waals surface area contributed by atoms with Gasteiger partial charge in [-0.15, -0.1) is 0 Å². The third-order valence-corrected chi connectivity index (χ3v) is 4.66. The van der Waals surface area contributed by atoms with Gasteiger partial charge in [-0.25, -0.2) is 0 Å².